The lowest BCUT2D eigenvalue weighted by molar-refractivity contribution is -0.235. The van der Waals surface area contributed by atoms with E-state index in [1.165, 1.54) is 5.57 Å². The lowest BCUT2D eigenvalue weighted by Crippen LogP contribution is -2.66. The third kappa shape index (κ3) is 7.24. The molecule has 8 nitrogen and oxygen atoms in total. The molecule has 0 spiro atoms. The molecule has 9 atom stereocenters. The molecule has 6 rings (SSSR count). The highest BCUT2D eigenvalue weighted by molar-refractivity contribution is 6.00. The number of carboxylic acids is 1. The summed E-state index contributed by atoms with van der Waals surface area (Å²) >= 11 is 0. The number of carbonyl (C=O) groups is 4. The van der Waals surface area contributed by atoms with Crippen molar-refractivity contribution in [3.05, 3.63) is 47.0 Å². The number of amides is 1. The Morgan fingerprint density at radius 1 is 0.877 bits per heavy atom. The van der Waals surface area contributed by atoms with Gasteiger partial charge in [0.25, 0.3) is 0 Å². The number of ketones is 1. The van der Waals surface area contributed by atoms with Crippen LogP contribution in [-0.2, 0) is 30.5 Å². The van der Waals surface area contributed by atoms with Crippen molar-refractivity contribution < 1.29 is 34.1 Å². The van der Waals surface area contributed by atoms with Crippen molar-refractivity contribution in [2.24, 2.45) is 62.1 Å². The van der Waals surface area contributed by atoms with Gasteiger partial charge in [-0.15, -0.1) is 0 Å². The zero-order valence-electron chi connectivity index (χ0n) is 37.0. The van der Waals surface area contributed by atoms with Gasteiger partial charge in [-0.3, -0.25) is 19.2 Å². The van der Waals surface area contributed by atoms with Gasteiger partial charge in [0.1, 0.15) is 6.10 Å². The largest absolute Gasteiger partial charge is 0.481 e. The van der Waals surface area contributed by atoms with E-state index in [-0.39, 0.29) is 70.2 Å². The Bertz CT molecular complexity index is 1760. The molecule has 2 N–H and O–H groups in total. The van der Waals surface area contributed by atoms with E-state index >= 15 is 0 Å². The Balaban J connectivity index is 1.30. The number of hydrogen-bond acceptors (Lipinski definition) is 6. The number of esters is 1. The summed E-state index contributed by atoms with van der Waals surface area (Å²) in [6.07, 6.45) is 6.89. The van der Waals surface area contributed by atoms with Gasteiger partial charge in [-0.2, -0.15) is 0 Å². The number of benzene rings is 1. The first-order valence-corrected chi connectivity index (χ1v) is 22.1. The van der Waals surface area contributed by atoms with Crippen LogP contribution in [-0.4, -0.2) is 57.5 Å². The fourth-order valence-electron chi connectivity index (χ4n) is 13.8. The van der Waals surface area contributed by atoms with Gasteiger partial charge in [-0.1, -0.05) is 98.2 Å². The maximum absolute atomic E-state index is 14.3. The minimum atomic E-state index is -1.18. The number of carbonyl (C=O) groups excluding carboxylic acids is 3. The van der Waals surface area contributed by atoms with Crippen LogP contribution in [0.5, 0.6) is 0 Å². The van der Waals surface area contributed by atoms with Crippen molar-refractivity contribution in [3.63, 3.8) is 0 Å². The topological polar surface area (TPSA) is 121 Å². The summed E-state index contributed by atoms with van der Waals surface area (Å²) in [4.78, 5) is 54.9. The Morgan fingerprint density at radius 3 is 2.16 bits per heavy atom. The summed E-state index contributed by atoms with van der Waals surface area (Å²) in [5.74, 6) is -0.0257. The van der Waals surface area contributed by atoms with Crippen molar-refractivity contribution in [1.29, 1.82) is 0 Å². The third-order valence-electron chi connectivity index (χ3n) is 17.0. The molecule has 4 fully saturated rings. The Labute approximate surface area is 343 Å². The minimum absolute atomic E-state index is 0.00329. The van der Waals surface area contributed by atoms with Gasteiger partial charge in [-0.05, 0) is 122 Å². The lowest BCUT2D eigenvalue weighted by atomic mass is 9.33. The molecule has 0 heterocycles. The number of hydrogen-bond donors (Lipinski definition) is 2. The zero-order chi connectivity index (χ0) is 42.1. The van der Waals surface area contributed by atoms with Gasteiger partial charge in [0.05, 0.1) is 17.9 Å². The lowest BCUT2D eigenvalue weighted by Gasteiger charge is -2.72. The molecular formula is C49H73NO7. The monoisotopic (exact) mass is 788 g/mol. The molecule has 0 radical (unpaired) electrons. The summed E-state index contributed by atoms with van der Waals surface area (Å²) in [5, 5.41) is 22.3. The molecule has 0 aliphatic heterocycles. The molecule has 1 aromatic carbocycles. The zero-order valence-corrected chi connectivity index (χ0v) is 37.0. The smallest absolute Gasteiger partial charge is 0.309 e. The van der Waals surface area contributed by atoms with Gasteiger partial charge in [-0.25, -0.2) is 0 Å². The predicted molar refractivity (Wildman–Crippen MR) is 223 cm³/mol. The Hall–Kier alpha value is -3.00. The second-order valence-electron chi connectivity index (χ2n) is 21.9. The number of carboxylic acid groups (broad SMARTS) is 1. The van der Waals surface area contributed by atoms with Crippen LogP contribution in [0.3, 0.4) is 0 Å². The Kier molecular flexibility index (Phi) is 11.6. The van der Waals surface area contributed by atoms with Gasteiger partial charge in [0, 0.05) is 36.8 Å². The van der Waals surface area contributed by atoms with Gasteiger partial charge in [0.15, 0.2) is 5.78 Å². The molecule has 1 amide bonds. The van der Waals surface area contributed by atoms with E-state index in [1.807, 2.05) is 35.2 Å². The number of rotatable bonds is 12. The third-order valence-corrected chi connectivity index (χ3v) is 17.0. The van der Waals surface area contributed by atoms with E-state index in [4.69, 9.17) is 4.74 Å². The average Bonchev–Trinajstić information content (AvgIpc) is 3.42. The molecule has 0 saturated heterocycles. The van der Waals surface area contributed by atoms with Crippen molar-refractivity contribution in [2.45, 2.75) is 166 Å². The normalized spacial score (nSPS) is 35.2. The minimum Gasteiger partial charge on any atom is -0.481 e. The summed E-state index contributed by atoms with van der Waals surface area (Å²) in [6, 6.07) is 10.0. The van der Waals surface area contributed by atoms with Crippen LogP contribution in [0.1, 0.15) is 152 Å². The molecule has 9 unspecified atom stereocenters. The van der Waals surface area contributed by atoms with Crippen LogP contribution in [0.2, 0.25) is 0 Å². The fourth-order valence-corrected chi connectivity index (χ4v) is 13.8. The highest BCUT2D eigenvalue weighted by Gasteiger charge is 2.71. The molecule has 57 heavy (non-hydrogen) atoms. The van der Waals surface area contributed by atoms with Crippen LogP contribution in [0, 0.1) is 62.1 Å². The van der Waals surface area contributed by atoms with Crippen molar-refractivity contribution in [3.8, 4) is 0 Å². The summed E-state index contributed by atoms with van der Waals surface area (Å²) < 4.78 is 6.18. The van der Waals surface area contributed by atoms with Gasteiger partial charge >= 0.3 is 11.9 Å². The molecule has 0 bridgehead atoms. The van der Waals surface area contributed by atoms with Crippen LogP contribution >= 0.6 is 0 Å². The number of allylic oxidation sites excluding steroid dienone is 1. The molecule has 4 saturated carbocycles. The number of fused-ring (bicyclic) bond motifs is 7. The molecule has 1 aromatic rings. The number of nitrogens with zero attached hydrogens (tertiary/aromatic N) is 1. The van der Waals surface area contributed by atoms with Crippen LogP contribution in [0.25, 0.3) is 0 Å². The van der Waals surface area contributed by atoms with E-state index in [0.29, 0.717) is 31.2 Å². The van der Waals surface area contributed by atoms with Crippen LogP contribution in [0.4, 0.5) is 0 Å². The van der Waals surface area contributed by atoms with Crippen molar-refractivity contribution >= 4 is 23.6 Å². The summed E-state index contributed by atoms with van der Waals surface area (Å²) in [7, 11) is 0. The molecule has 8 heteroatoms. The fraction of sp³-hybridized carbons (Fsp3) is 0.755. The first-order chi connectivity index (χ1) is 26.4. The number of ether oxygens (including phenoxy) is 1. The SMILES string of the molecule is CC(C)CC(=O)N(Cc1ccccc1)CC(O)C12CCC3(C)C(CCC4C5(C)CCC(OC(=O)CC(C)(C)C(=O)O)C(C)(C)C5CCC43C)C1=C(C(C)C)C(=O)C2. The van der Waals surface area contributed by atoms with E-state index < -0.39 is 28.9 Å². The van der Waals surface area contributed by atoms with Gasteiger partial charge in [0.2, 0.25) is 5.91 Å². The first-order valence-electron chi connectivity index (χ1n) is 22.1. The van der Waals surface area contributed by atoms with E-state index in [2.05, 4.69) is 62.3 Å². The van der Waals surface area contributed by atoms with Crippen LogP contribution in [0.15, 0.2) is 41.5 Å². The molecule has 316 valence electrons. The summed E-state index contributed by atoms with van der Waals surface area (Å²) in [5.41, 5.74) is 0.984. The van der Waals surface area contributed by atoms with E-state index in [9.17, 15) is 29.4 Å². The number of aliphatic hydroxyl groups excluding tert-OH is 1. The van der Waals surface area contributed by atoms with Crippen molar-refractivity contribution in [1.82, 2.24) is 4.90 Å². The molecule has 5 aliphatic carbocycles. The maximum atomic E-state index is 14.3. The quantitative estimate of drug-likeness (QED) is 0.202. The molecule has 0 aromatic heterocycles. The number of aliphatic hydroxyl groups is 1. The number of aliphatic carboxylic acids is 1. The average molecular weight is 788 g/mol. The Morgan fingerprint density at radius 2 is 1.54 bits per heavy atom. The van der Waals surface area contributed by atoms with Crippen LogP contribution < -0.4 is 0 Å². The predicted octanol–water partition coefficient (Wildman–Crippen LogP) is 9.82. The highest BCUT2D eigenvalue weighted by atomic mass is 16.5. The highest BCUT2D eigenvalue weighted by Crippen LogP contribution is 2.77. The van der Waals surface area contributed by atoms with E-state index in [0.717, 1.165) is 62.5 Å². The second kappa shape index (κ2) is 15.2. The number of Topliss-reactive ketones (excluding diaryl/α,β-unsaturated/α-hetero) is 1. The first kappa shape index (κ1) is 43.6. The molecule has 5 aliphatic rings. The maximum Gasteiger partial charge on any atom is 0.309 e. The second-order valence-corrected chi connectivity index (χ2v) is 21.9. The molecular weight excluding hydrogens is 715 g/mol. The standard InChI is InChI=1S/C49H73NO7/c1-30(2)25-39(53)50(28-32-15-13-12-14-16-32)29-37(52)49-24-23-47(10)33(42(49)41(31(3)4)34(51)26-49)17-18-36-46(9)21-20-38(57-40(54)27-44(5,6)43(55)56)45(7,8)35(46)19-22-48(36,47)11/h12-16,30-31,33,35-38,52H,17-29H2,1-11H3,(H,55,56). The summed E-state index contributed by atoms with van der Waals surface area (Å²) in [6.45, 7) is 24.2. The van der Waals surface area contributed by atoms with Gasteiger partial charge < -0.3 is 19.8 Å². The van der Waals surface area contributed by atoms with Crippen molar-refractivity contribution in [2.75, 3.05) is 6.54 Å². The van der Waals surface area contributed by atoms with E-state index in [1.54, 1.807) is 13.8 Å².